The smallest absolute Gasteiger partial charge is 0.225 e. The van der Waals surface area contributed by atoms with Crippen LogP contribution in [0.4, 0.5) is 5.69 Å². The standard InChI is InChI=1S/C22H33N3O2/c1-3-19-9-4-7-17(2)22(19)23-20(26)11-14-24-12-5-8-18(15-24)16-25-13-6-10-21(25)27/h4,7,9,18H,3,5-6,8,10-16H2,1-2H3,(H,23,26). The molecule has 5 heteroatoms. The minimum atomic E-state index is 0.0934. The highest BCUT2D eigenvalue weighted by Gasteiger charge is 2.26. The largest absolute Gasteiger partial charge is 0.342 e. The Labute approximate surface area is 163 Å². The van der Waals surface area contributed by atoms with E-state index in [0.29, 0.717) is 18.2 Å². The number of piperidine rings is 1. The summed E-state index contributed by atoms with van der Waals surface area (Å²) in [6, 6.07) is 6.17. The van der Waals surface area contributed by atoms with E-state index < -0.39 is 0 Å². The number of carbonyl (C=O) groups excluding carboxylic acids is 2. The van der Waals surface area contributed by atoms with E-state index in [0.717, 1.165) is 69.7 Å². The monoisotopic (exact) mass is 371 g/mol. The highest BCUT2D eigenvalue weighted by atomic mass is 16.2. The van der Waals surface area contributed by atoms with Crippen LogP contribution in [0.25, 0.3) is 0 Å². The first kappa shape index (κ1) is 19.9. The van der Waals surface area contributed by atoms with Gasteiger partial charge in [0.1, 0.15) is 0 Å². The van der Waals surface area contributed by atoms with Crippen molar-refractivity contribution in [1.82, 2.24) is 9.80 Å². The number of benzene rings is 1. The first-order valence-electron chi connectivity index (χ1n) is 10.4. The predicted octanol–water partition coefficient (Wildman–Crippen LogP) is 3.22. The highest BCUT2D eigenvalue weighted by molar-refractivity contribution is 5.92. The van der Waals surface area contributed by atoms with Crippen molar-refractivity contribution in [3.8, 4) is 0 Å². The van der Waals surface area contributed by atoms with Gasteiger partial charge in [-0.05, 0) is 56.2 Å². The molecule has 0 aliphatic carbocycles. The molecule has 0 radical (unpaired) electrons. The van der Waals surface area contributed by atoms with Crippen LogP contribution in [0.3, 0.4) is 0 Å². The Balaban J connectivity index is 1.46. The fraction of sp³-hybridized carbons (Fsp3) is 0.636. The molecule has 0 spiro atoms. The fourth-order valence-corrected chi connectivity index (χ4v) is 4.38. The van der Waals surface area contributed by atoms with Crippen molar-refractivity contribution in [2.45, 2.75) is 52.4 Å². The molecule has 2 amide bonds. The molecular formula is C22H33N3O2. The van der Waals surface area contributed by atoms with Crippen molar-refractivity contribution in [1.29, 1.82) is 0 Å². The Bertz CT molecular complexity index is 674. The van der Waals surface area contributed by atoms with Crippen LogP contribution in [0.2, 0.25) is 0 Å². The summed E-state index contributed by atoms with van der Waals surface area (Å²) in [5.41, 5.74) is 3.29. The summed E-state index contributed by atoms with van der Waals surface area (Å²) < 4.78 is 0. The number of hydrogen-bond acceptors (Lipinski definition) is 3. The van der Waals surface area contributed by atoms with Gasteiger partial charge in [0.15, 0.2) is 0 Å². The Morgan fingerprint density at radius 3 is 2.85 bits per heavy atom. The number of rotatable bonds is 7. The normalized spacial score (nSPS) is 20.9. The maximum Gasteiger partial charge on any atom is 0.225 e. The lowest BCUT2D eigenvalue weighted by atomic mass is 9.97. The Hall–Kier alpha value is -1.88. The molecule has 0 aromatic heterocycles. The van der Waals surface area contributed by atoms with Gasteiger partial charge in [0.25, 0.3) is 0 Å². The van der Waals surface area contributed by atoms with Gasteiger partial charge in [0, 0.05) is 44.7 Å². The average Bonchev–Trinajstić information content (AvgIpc) is 3.06. The fourth-order valence-electron chi connectivity index (χ4n) is 4.38. The molecule has 3 rings (SSSR count). The minimum Gasteiger partial charge on any atom is -0.342 e. The number of likely N-dealkylation sites (tertiary alicyclic amines) is 2. The van der Waals surface area contributed by atoms with Gasteiger partial charge in [0.05, 0.1) is 0 Å². The van der Waals surface area contributed by atoms with E-state index in [1.165, 1.54) is 12.0 Å². The zero-order chi connectivity index (χ0) is 19.2. The third-order valence-corrected chi connectivity index (χ3v) is 5.91. The first-order chi connectivity index (χ1) is 13.1. The SMILES string of the molecule is CCc1cccc(C)c1NC(=O)CCN1CCCC(CN2CCCC2=O)C1. The van der Waals surface area contributed by atoms with Crippen LogP contribution in [0.5, 0.6) is 0 Å². The van der Waals surface area contributed by atoms with E-state index >= 15 is 0 Å². The molecule has 148 valence electrons. The minimum absolute atomic E-state index is 0.0934. The second-order valence-corrected chi connectivity index (χ2v) is 8.01. The van der Waals surface area contributed by atoms with Gasteiger partial charge in [-0.1, -0.05) is 25.1 Å². The number of aryl methyl sites for hydroxylation is 2. The Morgan fingerprint density at radius 1 is 1.26 bits per heavy atom. The summed E-state index contributed by atoms with van der Waals surface area (Å²) in [5.74, 6) is 0.958. The maximum atomic E-state index is 12.5. The molecule has 2 heterocycles. The van der Waals surface area contributed by atoms with E-state index in [1.54, 1.807) is 0 Å². The van der Waals surface area contributed by atoms with Crippen molar-refractivity contribution in [2.24, 2.45) is 5.92 Å². The summed E-state index contributed by atoms with van der Waals surface area (Å²) >= 11 is 0. The Morgan fingerprint density at radius 2 is 2.11 bits per heavy atom. The molecule has 27 heavy (non-hydrogen) atoms. The van der Waals surface area contributed by atoms with Gasteiger partial charge in [0.2, 0.25) is 11.8 Å². The number of amides is 2. The highest BCUT2D eigenvalue weighted by Crippen LogP contribution is 2.22. The molecule has 2 aliphatic rings. The summed E-state index contributed by atoms with van der Waals surface area (Å²) in [5, 5.41) is 3.13. The van der Waals surface area contributed by atoms with E-state index in [2.05, 4.69) is 23.2 Å². The quantitative estimate of drug-likeness (QED) is 0.801. The molecule has 1 aromatic carbocycles. The zero-order valence-electron chi connectivity index (χ0n) is 16.8. The van der Waals surface area contributed by atoms with Crippen molar-refractivity contribution in [3.05, 3.63) is 29.3 Å². The number of carbonyl (C=O) groups is 2. The van der Waals surface area contributed by atoms with E-state index in [4.69, 9.17) is 0 Å². The summed E-state index contributed by atoms with van der Waals surface area (Å²) in [6.45, 7) is 8.83. The van der Waals surface area contributed by atoms with Crippen LogP contribution < -0.4 is 5.32 Å². The molecule has 0 bridgehead atoms. The van der Waals surface area contributed by atoms with Gasteiger partial charge >= 0.3 is 0 Å². The predicted molar refractivity (Wildman–Crippen MR) is 109 cm³/mol. The summed E-state index contributed by atoms with van der Waals surface area (Å²) in [7, 11) is 0. The lowest BCUT2D eigenvalue weighted by Gasteiger charge is -2.34. The number of hydrogen-bond donors (Lipinski definition) is 1. The van der Waals surface area contributed by atoms with E-state index in [-0.39, 0.29) is 5.91 Å². The lowest BCUT2D eigenvalue weighted by molar-refractivity contribution is -0.128. The molecule has 2 aliphatic heterocycles. The van der Waals surface area contributed by atoms with Crippen molar-refractivity contribution >= 4 is 17.5 Å². The van der Waals surface area contributed by atoms with Crippen molar-refractivity contribution in [3.63, 3.8) is 0 Å². The van der Waals surface area contributed by atoms with Gasteiger partial charge in [-0.3, -0.25) is 9.59 Å². The molecule has 2 saturated heterocycles. The Kier molecular flexibility index (Phi) is 6.89. The van der Waals surface area contributed by atoms with Gasteiger partial charge in [-0.2, -0.15) is 0 Å². The third kappa shape index (κ3) is 5.32. The van der Waals surface area contributed by atoms with Gasteiger partial charge < -0.3 is 15.1 Å². The van der Waals surface area contributed by atoms with Crippen LogP contribution in [0.1, 0.15) is 50.2 Å². The van der Waals surface area contributed by atoms with Crippen LogP contribution in [-0.4, -0.2) is 54.3 Å². The molecule has 5 nitrogen and oxygen atoms in total. The molecule has 1 aromatic rings. The second kappa shape index (κ2) is 9.36. The molecule has 1 atom stereocenters. The molecule has 2 fully saturated rings. The van der Waals surface area contributed by atoms with Crippen LogP contribution in [0, 0.1) is 12.8 Å². The van der Waals surface area contributed by atoms with E-state index in [9.17, 15) is 9.59 Å². The average molecular weight is 372 g/mol. The summed E-state index contributed by atoms with van der Waals surface area (Å²) in [6.07, 6.45) is 5.51. The number of anilines is 1. The number of para-hydroxylation sites is 1. The lowest BCUT2D eigenvalue weighted by Crippen LogP contribution is -2.42. The molecule has 0 saturated carbocycles. The molecule has 1 N–H and O–H groups in total. The topological polar surface area (TPSA) is 52.7 Å². The summed E-state index contributed by atoms with van der Waals surface area (Å²) in [4.78, 5) is 28.8. The zero-order valence-corrected chi connectivity index (χ0v) is 16.8. The van der Waals surface area contributed by atoms with Crippen LogP contribution in [0.15, 0.2) is 18.2 Å². The van der Waals surface area contributed by atoms with Gasteiger partial charge in [-0.15, -0.1) is 0 Å². The van der Waals surface area contributed by atoms with Gasteiger partial charge in [-0.25, -0.2) is 0 Å². The van der Waals surface area contributed by atoms with Crippen LogP contribution >= 0.6 is 0 Å². The molecule has 1 unspecified atom stereocenters. The maximum absolute atomic E-state index is 12.5. The third-order valence-electron chi connectivity index (χ3n) is 5.91. The van der Waals surface area contributed by atoms with Crippen molar-refractivity contribution in [2.75, 3.05) is 38.0 Å². The van der Waals surface area contributed by atoms with Crippen LogP contribution in [-0.2, 0) is 16.0 Å². The molecular weight excluding hydrogens is 338 g/mol. The second-order valence-electron chi connectivity index (χ2n) is 8.01. The number of nitrogens with zero attached hydrogens (tertiary/aromatic N) is 2. The van der Waals surface area contributed by atoms with E-state index in [1.807, 2.05) is 24.0 Å². The number of nitrogens with one attached hydrogen (secondary N) is 1. The van der Waals surface area contributed by atoms with Crippen molar-refractivity contribution < 1.29 is 9.59 Å². The first-order valence-corrected chi connectivity index (χ1v) is 10.4.